The number of fused-ring (bicyclic) bond motifs is 1. The quantitative estimate of drug-likeness (QED) is 0.444. The summed E-state index contributed by atoms with van der Waals surface area (Å²) in [7, 11) is 0. The molecule has 1 N–H and O–H groups in total. The van der Waals surface area contributed by atoms with Crippen molar-refractivity contribution in [3.05, 3.63) is 88.9 Å². The summed E-state index contributed by atoms with van der Waals surface area (Å²) in [6, 6.07) is 15.5. The van der Waals surface area contributed by atoms with Crippen LogP contribution in [0.2, 0.25) is 0 Å². The molecule has 0 saturated heterocycles. The zero-order valence-electron chi connectivity index (χ0n) is 21.5. The molecule has 5 rings (SSSR count). The number of carbonyl (C=O) groups is 2. The predicted molar refractivity (Wildman–Crippen MR) is 138 cm³/mol. The minimum Gasteiger partial charge on any atom is -0.424 e. The molecule has 1 atom stereocenters. The van der Waals surface area contributed by atoms with E-state index in [0.717, 1.165) is 28.2 Å². The molecule has 4 aromatic rings. The number of amides is 2. The smallest absolute Gasteiger partial charge is 0.258 e. The zero-order valence-corrected chi connectivity index (χ0v) is 21.5. The summed E-state index contributed by atoms with van der Waals surface area (Å²) >= 11 is 0. The highest BCUT2D eigenvalue weighted by Crippen LogP contribution is 2.37. The van der Waals surface area contributed by atoms with Crippen LogP contribution in [-0.2, 0) is 17.8 Å². The number of para-hydroxylation sites is 1. The van der Waals surface area contributed by atoms with Gasteiger partial charge in [-0.3, -0.25) is 9.59 Å². The van der Waals surface area contributed by atoms with E-state index in [0.29, 0.717) is 36.7 Å². The van der Waals surface area contributed by atoms with Crippen LogP contribution in [0.5, 0.6) is 0 Å². The van der Waals surface area contributed by atoms with E-state index in [-0.39, 0.29) is 18.4 Å². The van der Waals surface area contributed by atoms with Gasteiger partial charge in [0.1, 0.15) is 0 Å². The van der Waals surface area contributed by atoms with Crippen LogP contribution < -0.4 is 10.2 Å². The van der Waals surface area contributed by atoms with E-state index in [1.54, 1.807) is 16.5 Å². The second kappa shape index (κ2) is 9.65. The van der Waals surface area contributed by atoms with Crippen molar-refractivity contribution >= 4 is 17.5 Å². The van der Waals surface area contributed by atoms with Crippen LogP contribution in [0.3, 0.4) is 0 Å². The number of hydrogen-bond acceptors (Lipinski definition) is 6. The monoisotopic (exact) mass is 498 g/mol. The number of hydrogen-bond donors (Lipinski definition) is 1. The molecule has 2 aromatic carbocycles. The number of aryl methyl sites for hydroxylation is 3. The Labute approximate surface area is 215 Å². The number of anilines is 1. The highest BCUT2D eigenvalue weighted by molar-refractivity contribution is 6.07. The third-order valence-electron chi connectivity index (χ3n) is 6.94. The molecule has 2 aromatic heterocycles. The van der Waals surface area contributed by atoms with Crippen LogP contribution in [-0.4, -0.2) is 38.3 Å². The highest BCUT2D eigenvalue weighted by atomic mass is 16.4. The Morgan fingerprint density at radius 3 is 2.59 bits per heavy atom. The first-order valence-electron chi connectivity index (χ1n) is 12.3. The zero-order chi connectivity index (χ0) is 26.2. The summed E-state index contributed by atoms with van der Waals surface area (Å²) in [5.41, 5.74) is 4.41. The van der Waals surface area contributed by atoms with Crippen molar-refractivity contribution in [2.75, 3.05) is 11.4 Å². The van der Waals surface area contributed by atoms with Crippen molar-refractivity contribution in [2.24, 2.45) is 5.41 Å². The SMILES string of the molecule is Cc1ccn(-c2ccc(C(=O)N3CCC(C)(C(=O)NCc4nnc(C)o4)Cc4ccccc43)c(C)c2)n1. The molecule has 0 radical (unpaired) electrons. The second-order valence-corrected chi connectivity index (χ2v) is 9.87. The van der Waals surface area contributed by atoms with Crippen LogP contribution >= 0.6 is 0 Å². The van der Waals surface area contributed by atoms with E-state index >= 15 is 0 Å². The van der Waals surface area contributed by atoms with E-state index in [1.807, 2.05) is 75.5 Å². The molecule has 0 saturated carbocycles. The summed E-state index contributed by atoms with van der Waals surface area (Å²) < 4.78 is 7.19. The van der Waals surface area contributed by atoms with Gasteiger partial charge < -0.3 is 14.6 Å². The van der Waals surface area contributed by atoms with E-state index in [4.69, 9.17) is 4.42 Å². The summed E-state index contributed by atoms with van der Waals surface area (Å²) in [5.74, 6) is 0.627. The van der Waals surface area contributed by atoms with Crippen molar-refractivity contribution in [1.82, 2.24) is 25.3 Å². The Balaban J connectivity index is 1.39. The Hall–Kier alpha value is -4.27. The van der Waals surface area contributed by atoms with Gasteiger partial charge in [0.05, 0.1) is 23.3 Å². The molecule has 1 aliphatic rings. The van der Waals surface area contributed by atoms with Gasteiger partial charge in [0.2, 0.25) is 17.7 Å². The van der Waals surface area contributed by atoms with Gasteiger partial charge in [-0.15, -0.1) is 10.2 Å². The molecule has 2 amide bonds. The van der Waals surface area contributed by atoms with Gasteiger partial charge in [-0.2, -0.15) is 5.10 Å². The van der Waals surface area contributed by atoms with Crippen LogP contribution in [0, 0.1) is 26.2 Å². The largest absolute Gasteiger partial charge is 0.424 e. The molecule has 0 fully saturated rings. The molecule has 0 spiro atoms. The summed E-state index contributed by atoms with van der Waals surface area (Å²) in [4.78, 5) is 29.0. The van der Waals surface area contributed by atoms with Gasteiger partial charge >= 0.3 is 0 Å². The Morgan fingerprint density at radius 2 is 1.89 bits per heavy atom. The second-order valence-electron chi connectivity index (χ2n) is 9.87. The highest BCUT2D eigenvalue weighted by Gasteiger charge is 2.38. The topological polar surface area (TPSA) is 106 Å². The third-order valence-corrected chi connectivity index (χ3v) is 6.94. The van der Waals surface area contributed by atoms with Crippen LogP contribution in [0.15, 0.2) is 59.1 Å². The molecule has 0 aliphatic carbocycles. The number of benzene rings is 2. The number of aromatic nitrogens is 4. The molecular weight excluding hydrogens is 468 g/mol. The van der Waals surface area contributed by atoms with Gasteiger partial charge in [0, 0.05) is 30.9 Å². The van der Waals surface area contributed by atoms with Crippen molar-refractivity contribution in [1.29, 1.82) is 0 Å². The molecular formula is C28H30N6O3. The van der Waals surface area contributed by atoms with Crippen LogP contribution in [0.25, 0.3) is 5.69 Å². The van der Waals surface area contributed by atoms with E-state index in [2.05, 4.69) is 20.6 Å². The van der Waals surface area contributed by atoms with Crippen molar-refractivity contribution in [2.45, 2.75) is 47.1 Å². The molecule has 37 heavy (non-hydrogen) atoms. The fourth-order valence-electron chi connectivity index (χ4n) is 4.83. The molecule has 9 heteroatoms. The van der Waals surface area contributed by atoms with Crippen LogP contribution in [0.1, 0.15) is 52.3 Å². The van der Waals surface area contributed by atoms with Gasteiger partial charge in [-0.25, -0.2) is 4.68 Å². The normalized spacial score (nSPS) is 17.2. The fraction of sp³-hybridized carbons (Fsp3) is 0.321. The first-order valence-corrected chi connectivity index (χ1v) is 12.3. The summed E-state index contributed by atoms with van der Waals surface area (Å²) in [5, 5.41) is 15.2. The first-order chi connectivity index (χ1) is 17.7. The molecule has 1 aliphatic heterocycles. The first kappa shape index (κ1) is 24.4. The summed E-state index contributed by atoms with van der Waals surface area (Å²) in [6.07, 6.45) is 2.92. The molecule has 9 nitrogen and oxygen atoms in total. The van der Waals surface area contributed by atoms with E-state index < -0.39 is 5.41 Å². The van der Waals surface area contributed by atoms with Crippen molar-refractivity contribution < 1.29 is 14.0 Å². The minimum atomic E-state index is -0.711. The van der Waals surface area contributed by atoms with E-state index in [1.165, 1.54) is 0 Å². The number of nitrogens with one attached hydrogen (secondary N) is 1. The van der Waals surface area contributed by atoms with Gasteiger partial charge in [0.25, 0.3) is 5.91 Å². The average molecular weight is 499 g/mol. The fourth-order valence-corrected chi connectivity index (χ4v) is 4.83. The van der Waals surface area contributed by atoms with Gasteiger partial charge in [-0.1, -0.05) is 25.1 Å². The number of rotatable bonds is 5. The maximum Gasteiger partial charge on any atom is 0.258 e. The van der Waals surface area contributed by atoms with Gasteiger partial charge in [0.15, 0.2) is 0 Å². The lowest BCUT2D eigenvalue weighted by Gasteiger charge is -2.27. The Bertz CT molecular complexity index is 1470. The Morgan fingerprint density at radius 1 is 1.08 bits per heavy atom. The number of carbonyl (C=O) groups excluding carboxylic acids is 2. The lowest BCUT2D eigenvalue weighted by Crippen LogP contribution is -2.41. The molecule has 1 unspecified atom stereocenters. The summed E-state index contributed by atoms with van der Waals surface area (Å²) in [6.45, 7) is 8.12. The minimum absolute atomic E-state index is 0.0841. The average Bonchev–Trinajstić information content (AvgIpc) is 3.47. The maximum atomic E-state index is 13.9. The lowest BCUT2D eigenvalue weighted by atomic mass is 9.80. The van der Waals surface area contributed by atoms with Crippen molar-refractivity contribution in [3.63, 3.8) is 0 Å². The molecule has 0 bridgehead atoms. The molecule has 190 valence electrons. The van der Waals surface area contributed by atoms with Gasteiger partial charge in [-0.05, 0) is 68.1 Å². The Kier molecular flexibility index (Phi) is 6.37. The van der Waals surface area contributed by atoms with Crippen molar-refractivity contribution in [3.8, 4) is 5.69 Å². The predicted octanol–water partition coefficient (Wildman–Crippen LogP) is 4.10. The maximum absolute atomic E-state index is 13.9. The third kappa shape index (κ3) is 4.89. The van der Waals surface area contributed by atoms with Crippen LogP contribution in [0.4, 0.5) is 5.69 Å². The molecule has 3 heterocycles. The standard InChI is InChI=1S/C28H30N6O3/c1-18-15-22(34-13-11-19(2)32-34)9-10-23(18)26(35)33-14-12-28(4,16-21-7-5-6-8-24(21)33)27(36)29-17-25-31-30-20(3)37-25/h5-11,13,15H,12,14,16-17H2,1-4H3,(H,29,36). The number of nitrogens with zero attached hydrogens (tertiary/aromatic N) is 5. The van der Waals surface area contributed by atoms with E-state index in [9.17, 15) is 9.59 Å². The lowest BCUT2D eigenvalue weighted by molar-refractivity contribution is -0.130.